The average Bonchev–Trinajstić information content (AvgIpc) is 0. The van der Waals surface area contributed by atoms with Crippen molar-refractivity contribution in [3.8, 4) is 0 Å². The van der Waals surface area contributed by atoms with Gasteiger partial charge in [0.25, 0.3) is 0 Å². The van der Waals surface area contributed by atoms with Crippen LogP contribution >= 0.6 is 0 Å². The molecule has 0 saturated carbocycles. The zero-order valence-electron chi connectivity index (χ0n) is 2.45. The van der Waals surface area contributed by atoms with E-state index in [0.717, 1.165) is 0 Å². The molecule has 0 aliphatic rings. The van der Waals surface area contributed by atoms with Crippen molar-refractivity contribution in [1.29, 1.82) is 0 Å². The summed E-state index contributed by atoms with van der Waals surface area (Å²) in [7, 11) is 0. The van der Waals surface area contributed by atoms with Gasteiger partial charge in [-0.2, -0.15) is 0 Å². The summed E-state index contributed by atoms with van der Waals surface area (Å²) in [6.07, 6.45) is 0. The molecule has 0 aromatic heterocycles. The normalized spacial score (nSPS) is 0. The van der Waals surface area contributed by atoms with Gasteiger partial charge in [-0.25, -0.2) is 0 Å². The predicted molar refractivity (Wildman–Crippen MR) is 8.76 cm³/mol. The summed E-state index contributed by atoms with van der Waals surface area (Å²) in [6, 6.07) is 0. The van der Waals surface area contributed by atoms with E-state index in [1.54, 1.807) is 0 Å². The summed E-state index contributed by atoms with van der Waals surface area (Å²) in [5.41, 5.74) is 0. The monoisotopic (exact) mass is 985 g/mol. The van der Waals surface area contributed by atoms with E-state index in [0.29, 0.717) is 0 Å². The van der Waals surface area contributed by atoms with Gasteiger partial charge in [0.2, 0.25) is 0 Å². The first kappa shape index (κ1) is 33.7. The van der Waals surface area contributed by atoms with E-state index in [9.17, 15) is 0 Å². The number of hydrogen-bond donors (Lipinski definition) is 0. The molecule has 0 spiro atoms. The smallest absolute Gasteiger partial charge is 0 e. The van der Waals surface area contributed by atoms with Crippen LogP contribution in [0.1, 0.15) is 0 Å². The van der Waals surface area contributed by atoms with Crippen molar-refractivity contribution in [3.05, 3.63) is 0 Å². The van der Waals surface area contributed by atoms with Crippen molar-refractivity contribution in [2.75, 3.05) is 0 Å². The third kappa shape index (κ3) is 17.7. The molecule has 0 heterocycles. The molecule has 0 radical (unpaired) electrons. The molecule has 0 fully saturated rings. The van der Waals surface area contributed by atoms with Gasteiger partial charge < -0.3 is 13.5 Å². The van der Waals surface area contributed by atoms with Crippen LogP contribution in [-0.4, -0.2) is 0 Å². The van der Waals surface area contributed by atoms with Gasteiger partial charge in [-0.3, -0.25) is 0 Å². The minimum atomic E-state index is 0. The second kappa shape index (κ2) is 23.5. The second-order valence-corrected chi connectivity index (χ2v) is 0. The summed E-state index contributed by atoms with van der Waals surface area (Å²) >= 11 is 0. The Kier molecular flexibility index (Phi) is 159. The number of hydrogen-bond acceptors (Lipinski definition) is 1. The Morgan fingerprint density at radius 2 is 0.400 bits per heavy atom. The van der Waals surface area contributed by atoms with Crippen molar-refractivity contribution in [2.24, 2.45) is 0 Å². The zero-order chi connectivity index (χ0) is 0. The topological polar surface area (TPSA) is 0 Å². The second-order valence-electron chi connectivity index (χ2n) is 0. The fourth-order valence-corrected chi connectivity index (χ4v) is 0. The predicted octanol–water partition coefficient (Wildman–Crippen LogP) is -0.270. The summed E-state index contributed by atoms with van der Waals surface area (Å²) in [6.45, 7) is 0. The van der Waals surface area contributed by atoms with Crippen molar-refractivity contribution in [2.45, 2.75) is 0 Å². The van der Waals surface area contributed by atoms with E-state index >= 15 is 0 Å². The molecular weight excluding hydrogens is 984 g/mol. The maximum atomic E-state index is 0. The van der Waals surface area contributed by atoms with Crippen LogP contribution in [0.3, 0.4) is 0 Å². The quantitative estimate of drug-likeness (QED) is 0.239. The summed E-state index contributed by atoms with van der Waals surface area (Å²) < 4.78 is 0. The molecule has 0 amide bonds. The van der Waals surface area contributed by atoms with Gasteiger partial charge >= 0.3 is 0 Å². The Labute approximate surface area is 134 Å². The molecule has 0 nitrogen and oxygen atoms in total. The first-order valence-corrected chi connectivity index (χ1v) is 0. The van der Waals surface area contributed by atoms with Gasteiger partial charge in [0, 0.05) is 124 Å². The van der Waals surface area contributed by atoms with Crippen molar-refractivity contribution >= 4 is 13.5 Å². The largest absolute Gasteiger partial charge is 0.813 e. The van der Waals surface area contributed by atoms with Gasteiger partial charge in [0.15, 0.2) is 0 Å². The fraction of sp³-hybridized carbons (Fsp3) is 0. The summed E-state index contributed by atoms with van der Waals surface area (Å²) in [4.78, 5) is 0. The minimum absolute atomic E-state index is 0. The SMILES string of the molecule is [SH-].[U].[U].[U].[U]. The molecule has 5 heteroatoms. The van der Waals surface area contributed by atoms with E-state index < -0.39 is 0 Å². The zero-order valence-corrected chi connectivity index (χ0v) is 20.0. The summed E-state index contributed by atoms with van der Waals surface area (Å²) in [5.74, 6) is 0. The number of thiol groups is 1. The summed E-state index contributed by atoms with van der Waals surface area (Å²) in [5, 5.41) is 0. The molecule has 0 unspecified atom stereocenters. The van der Waals surface area contributed by atoms with E-state index in [-0.39, 0.29) is 138 Å². The first-order valence-electron chi connectivity index (χ1n) is 0. The molecular formula is HSU4-. The maximum Gasteiger partial charge on any atom is 0 e. The van der Waals surface area contributed by atoms with Crippen LogP contribution in [0.5, 0.6) is 0 Å². The fourth-order valence-electron chi connectivity index (χ4n) is 0. The molecule has 0 aromatic rings. The van der Waals surface area contributed by atoms with E-state index in [1.165, 1.54) is 0 Å². The standard InChI is InChI=1S/H2S.4U/h1H2;;;;/p-1. The van der Waals surface area contributed by atoms with Crippen LogP contribution < -0.4 is 0 Å². The van der Waals surface area contributed by atoms with Crippen LogP contribution in [0.2, 0.25) is 0 Å². The van der Waals surface area contributed by atoms with Gasteiger partial charge in [-0.05, 0) is 0 Å². The molecule has 24 valence electrons. The molecule has 5 heavy (non-hydrogen) atoms. The Balaban J connectivity index is 0. The van der Waals surface area contributed by atoms with Gasteiger partial charge in [-0.1, -0.05) is 0 Å². The van der Waals surface area contributed by atoms with Crippen LogP contribution in [0, 0.1) is 124 Å². The Hall–Kier alpha value is 4.56. The molecule has 0 aliphatic heterocycles. The molecule has 0 aliphatic carbocycles. The Morgan fingerprint density at radius 3 is 0.400 bits per heavy atom. The van der Waals surface area contributed by atoms with Gasteiger partial charge in [0.05, 0.1) is 0 Å². The Morgan fingerprint density at radius 1 is 0.400 bits per heavy atom. The molecule has 0 N–H and O–H groups in total. The van der Waals surface area contributed by atoms with Crippen molar-refractivity contribution < 1.29 is 124 Å². The van der Waals surface area contributed by atoms with E-state index in [4.69, 9.17) is 0 Å². The minimum Gasteiger partial charge on any atom is -0.813 e. The molecule has 0 aromatic carbocycles. The third-order valence-corrected chi connectivity index (χ3v) is 0. The van der Waals surface area contributed by atoms with E-state index in [2.05, 4.69) is 0 Å². The Bertz CT molecular complexity index is 3.61. The number of rotatable bonds is 0. The van der Waals surface area contributed by atoms with Crippen LogP contribution in [0.25, 0.3) is 0 Å². The molecule has 0 saturated heterocycles. The van der Waals surface area contributed by atoms with Crippen LogP contribution in [0.4, 0.5) is 0 Å². The molecule has 0 bridgehead atoms. The van der Waals surface area contributed by atoms with Crippen LogP contribution in [0.15, 0.2) is 0 Å². The molecule has 0 rings (SSSR count). The first-order chi connectivity index (χ1) is 0. The van der Waals surface area contributed by atoms with Crippen LogP contribution in [-0.2, 0) is 13.5 Å². The molecule has 0 atom stereocenters. The van der Waals surface area contributed by atoms with Gasteiger partial charge in [0.1, 0.15) is 0 Å². The van der Waals surface area contributed by atoms with Gasteiger partial charge in [-0.15, -0.1) is 0 Å². The van der Waals surface area contributed by atoms with Crippen molar-refractivity contribution in [3.63, 3.8) is 0 Å². The maximum absolute atomic E-state index is 0. The van der Waals surface area contributed by atoms with E-state index in [1.807, 2.05) is 0 Å². The van der Waals surface area contributed by atoms with Crippen molar-refractivity contribution in [1.82, 2.24) is 0 Å². The third-order valence-electron chi connectivity index (χ3n) is 0. The average molecular weight is 985 g/mol.